The van der Waals surface area contributed by atoms with Crippen LogP contribution in [0.5, 0.6) is 11.5 Å². The number of hydrogen-bond donors (Lipinski definition) is 0. The normalized spacial score (nSPS) is 14.9. The second-order valence-corrected chi connectivity index (χ2v) is 6.21. The topological polar surface area (TPSA) is 72.2 Å². The van der Waals surface area contributed by atoms with Crippen molar-refractivity contribution >= 4 is 5.91 Å². The zero-order valence-electron chi connectivity index (χ0n) is 14.9. The smallest absolute Gasteiger partial charge is 0.289 e. The molecule has 0 spiro atoms. The van der Waals surface area contributed by atoms with Crippen LogP contribution in [0.15, 0.2) is 45.8 Å². The second-order valence-electron chi connectivity index (χ2n) is 6.21. The van der Waals surface area contributed by atoms with Crippen LogP contribution in [0.4, 0.5) is 0 Å². The first-order valence-electron chi connectivity index (χ1n) is 8.43. The predicted octanol–water partition coefficient (Wildman–Crippen LogP) is 1.61. The molecule has 1 aliphatic heterocycles. The SMILES string of the molecule is COc1ccc(COc2coc(C(=O)N3CCN(C)CC3)cc2=O)cc1. The summed E-state index contributed by atoms with van der Waals surface area (Å²) < 4.78 is 16.0. The quantitative estimate of drug-likeness (QED) is 0.809. The first kappa shape index (κ1) is 18.0. The predicted molar refractivity (Wildman–Crippen MR) is 95.7 cm³/mol. The van der Waals surface area contributed by atoms with E-state index in [9.17, 15) is 9.59 Å². The van der Waals surface area contributed by atoms with Gasteiger partial charge in [0.2, 0.25) is 11.2 Å². The van der Waals surface area contributed by atoms with Crippen molar-refractivity contribution in [2.24, 2.45) is 0 Å². The maximum atomic E-state index is 12.4. The summed E-state index contributed by atoms with van der Waals surface area (Å²) in [5.74, 6) is 0.601. The Bertz CT molecular complexity index is 807. The van der Waals surface area contributed by atoms with Crippen LogP contribution in [-0.2, 0) is 6.61 Å². The Kier molecular flexibility index (Phi) is 5.58. The third kappa shape index (κ3) is 4.23. The number of ether oxygens (including phenoxy) is 2. The van der Waals surface area contributed by atoms with Crippen LogP contribution in [0.25, 0.3) is 0 Å². The lowest BCUT2D eigenvalue weighted by atomic mass is 10.2. The lowest BCUT2D eigenvalue weighted by molar-refractivity contribution is 0.0629. The molecule has 0 N–H and O–H groups in total. The van der Waals surface area contributed by atoms with Gasteiger partial charge in [-0.3, -0.25) is 9.59 Å². The molecule has 0 radical (unpaired) electrons. The van der Waals surface area contributed by atoms with Crippen LogP contribution in [0.2, 0.25) is 0 Å². The monoisotopic (exact) mass is 358 g/mol. The Balaban J connectivity index is 1.63. The number of likely N-dealkylation sites (N-methyl/N-ethyl adjacent to an activating group) is 1. The van der Waals surface area contributed by atoms with Crippen molar-refractivity contribution in [3.05, 3.63) is 58.1 Å². The van der Waals surface area contributed by atoms with Crippen LogP contribution in [0.1, 0.15) is 16.1 Å². The minimum Gasteiger partial charge on any atom is -0.497 e. The van der Waals surface area contributed by atoms with Gasteiger partial charge >= 0.3 is 0 Å². The molecule has 0 unspecified atom stereocenters. The summed E-state index contributed by atoms with van der Waals surface area (Å²) in [6.07, 6.45) is 1.20. The fourth-order valence-electron chi connectivity index (χ4n) is 2.66. The van der Waals surface area contributed by atoms with E-state index in [0.717, 1.165) is 24.4 Å². The molecule has 1 saturated heterocycles. The number of amides is 1. The number of rotatable bonds is 5. The number of nitrogens with zero attached hydrogens (tertiary/aromatic N) is 2. The Morgan fingerprint density at radius 1 is 1.15 bits per heavy atom. The zero-order valence-corrected chi connectivity index (χ0v) is 14.9. The Labute approximate surface area is 151 Å². The maximum absolute atomic E-state index is 12.4. The molecule has 0 aliphatic carbocycles. The number of carbonyl (C=O) groups excluding carboxylic acids is 1. The Morgan fingerprint density at radius 3 is 2.46 bits per heavy atom. The third-order valence-corrected chi connectivity index (χ3v) is 4.35. The summed E-state index contributed by atoms with van der Waals surface area (Å²) in [5, 5.41) is 0. The molecule has 7 nitrogen and oxygen atoms in total. The minimum absolute atomic E-state index is 0.0383. The highest BCUT2D eigenvalue weighted by molar-refractivity contribution is 5.91. The average molecular weight is 358 g/mol. The van der Waals surface area contributed by atoms with Crippen LogP contribution < -0.4 is 14.9 Å². The average Bonchev–Trinajstić information content (AvgIpc) is 2.67. The van der Waals surface area contributed by atoms with Crippen molar-refractivity contribution in [1.82, 2.24) is 9.80 Å². The van der Waals surface area contributed by atoms with E-state index in [-0.39, 0.29) is 29.5 Å². The van der Waals surface area contributed by atoms with Crippen LogP contribution in [0.3, 0.4) is 0 Å². The zero-order chi connectivity index (χ0) is 18.5. The molecule has 2 heterocycles. The molecule has 138 valence electrons. The molecule has 3 rings (SSSR count). The van der Waals surface area contributed by atoms with E-state index in [1.165, 1.54) is 12.3 Å². The van der Waals surface area contributed by atoms with E-state index in [1.54, 1.807) is 12.0 Å². The Morgan fingerprint density at radius 2 is 1.85 bits per heavy atom. The van der Waals surface area contributed by atoms with Crippen molar-refractivity contribution < 1.29 is 18.7 Å². The van der Waals surface area contributed by atoms with Gasteiger partial charge in [0.1, 0.15) is 18.6 Å². The van der Waals surface area contributed by atoms with Gasteiger partial charge in [0, 0.05) is 32.2 Å². The number of piperazine rings is 1. The van der Waals surface area contributed by atoms with E-state index < -0.39 is 0 Å². The fourth-order valence-corrected chi connectivity index (χ4v) is 2.66. The summed E-state index contributed by atoms with van der Waals surface area (Å²) in [4.78, 5) is 28.5. The van der Waals surface area contributed by atoms with Gasteiger partial charge in [-0.15, -0.1) is 0 Å². The molecule has 1 fully saturated rings. The largest absolute Gasteiger partial charge is 0.497 e. The highest BCUT2D eigenvalue weighted by Crippen LogP contribution is 2.14. The van der Waals surface area contributed by atoms with Gasteiger partial charge in [-0.1, -0.05) is 12.1 Å². The van der Waals surface area contributed by atoms with Gasteiger partial charge in [-0.25, -0.2) is 0 Å². The molecule has 1 aromatic heterocycles. The molecule has 26 heavy (non-hydrogen) atoms. The molecule has 1 aromatic carbocycles. The first-order valence-corrected chi connectivity index (χ1v) is 8.43. The summed E-state index contributed by atoms with van der Waals surface area (Å²) >= 11 is 0. The van der Waals surface area contributed by atoms with Gasteiger partial charge in [-0.05, 0) is 24.7 Å². The van der Waals surface area contributed by atoms with Crippen LogP contribution in [0, 0.1) is 0 Å². The molecule has 0 atom stereocenters. The van der Waals surface area contributed by atoms with E-state index in [4.69, 9.17) is 13.9 Å². The summed E-state index contributed by atoms with van der Waals surface area (Å²) in [6.45, 7) is 3.07. The number of hydrogen-bond acceptors (Lipinski definition) is 6. The van der Waals surface area contributed by atoms with Gasteiger partial charge in [0.15, 0.2) is 5.76 Å². The summed E-state index contributed by atoms with van der Waals surface area (Å²) in [7, 11) is 3.61. The molecule has 2 aromatic rings. The van der Waals surface area contributed by atoms with E-state index in [1.807, 2.05) is 31.3 Å². The summed E-state index contributed by atoms with van der Waals surface area (Å²) in [5.41, 5.74) is 0.519. The first-order chi connectivity index (χ1) is 12.6. The molecule has 1 aliphatic rings. The fraction of sp³-hybridized carbons (Fsp3) is 0.368. The highest BCUT2D eigenvalue weighted by Gasteiger charge is 2.22. The van der Waals surface area contributed by atoms with Crippen molar-refractivity contribution in [3.8, 4) is 11.5 Å². The number of methoxy groups -OCH3 is 1. The molecule has 1 amide bonds. The summed E-state index contributed by atoms with van der Waals surface area (Å²) in [6, 6.07) is 8.54. The maximum Gasteiger partial charge on any atom is 0.289 e. The van der Waals surface area contributed by atoms with Crippen LogP contribution in [-0.4, -0.2) is 56.0 Å². The molecular weight excluding hydrogens is 336 g/mol. The Hall–Kier alpha value is -2.80. The molecule has 7 heteroatoms. The van der Waals surface area contributed by atoms with Crippen molar-refractivity contribution in [2.45, 2.75) is 6.61 Å². The third-order valence-electron chi connectivity index (χ3n) is 4.35. The van der Waals surface area contributed by atoms with Crippen molar-refractivity contribution in [2.75, 3.05) is 40.3 Å². The van der Waals surface area contributed by atoms with Crippen molar-refractivity contribution in [3.63, 3.8) is 0 Å². The molecule has 0 bridgehead atoms. The van der Waals surface area contributed by atoms with Crippen LogP contribution >= 0.6 is 0 Å². The molecule has 0 saturated carbocycles. The second kappa shape index (κ2) is 8.05. The van der Waals surface area contributed by atoms with E-state index >= 15 is 0 Å². The van der Waals surface area contributed by atoms with Gasteiger partial charge in [0.05, 0.1) is 7.11 Å². The standard InChI is InChI=1S/C19H22N2O5/c1-20-7-9-21(10-8-20)19(23)17-11-16(22)18(13-26-17)25-12-14-3-5-15(24-2)6-4-14/h3-6,11,13H,7-10,12H2,1-2H3. The highest BCUT2D eigenvalue weighted by atomic mass is 16.5. The number of carbonyl (C=O) groups is 1. The lowest BCUT2D eigenvalue weighted by Crippen LogP contribution is -2.47. The van der Waals surface area contributed by atoms with Gasteiger partial charge in [-0.2, -0.15) is 0 Å². The lowest BCUT2D eigenvalue weighted by Gasteiger charge is -2.31. The van der Waals surface area contributed by atoms with Gasteiger partial charge < -0.3 is 23.7 Å². The van der Waals surface area contributed by atoms with E-state index in [0.29, 0.717) is 13.1 Å². The van der Waals surface area contributed by atoms with E-state index in [2.05, 4.69) is 4.90 Å². The van der Waals surface area contributed by atoms with Crippen molar-refractivity contribution in [1.29, 1.82) is 0 Å². The molecular formula is C19H22N2O5. The number of benzene rings is 1. The van der Waals surface area contributed by atoms with Gasteiger partial charge in [0.25, 0.3) is 5.91 Å². The minimum atomic E-state index is -0.373.